The standard InChI is InChI=1S/C21H15Cl3N2O3/c22-16-9-5-4-8-15(16)20(27)26-21(28)25-14-10-17(23)19(18(24)11-14)29-12-13-6-2-1-3-7-13/h1-11H,12H2,(H2,25,26,27,28). The third-order valence-corrected chi connectivity index (χ3v) is 4.72. The molecule has 0 heterocycles. The molecule has 0 atom stereocenters. The second-order valence-corrected chi connectivity index (χ2v) is 7.15. The van der Waals surface area contributed by atoms with Crippen molar-refractivity contribution in [2.75, 3.05) is 5.32 Å². The summed E-state index contributed by atoms with van der Waals surface area (Å²) in [5.41, 5.74) is 1.45. The number of benzene rings is 3. The fourth-order valence-corrected chi connectivity index (χ4v) is 3.30. The first-order chi connectivity index (χ1) is 13.9. The van der Waals surface area contributed by atoms with E-state index in [1.807, 2.05) is 30.3 Å². The topological polar surface area (TPSA) is 67.4 Å². The molecule has 0 aliphatic heterocycles. The Morgan fingerprint density at radius 1 is 0.828 bits per heavy atom. The molecule has 0 fully saturated rings. The Morgan fingerprint density at radius 2 is 1.45 bits per heavy atom. The third kappa shape index (κ3) is 5.64. The molecule has 0 bridgehead atoms. The van der Waals surface area contributed by atoms with Gasteiger partial charge in [0.25, 0.3) is 5.91 Å². The van der Waals surface area contributed by atoms with Crippen molar-refractivity contribution in [1.29, 1.82) is 0 Å². The first kappa shape index (κ1) is 21.0. The van der Waals surface area contributed by atoms with E-state index in [4.69, 9.17) is 39.5 Å². The Labute approximate surface area is 182 Å². The van der Waals surface area contributed by atoms with Gasteiger partial charge in [0.05, 0.1) is 20.6 Å². The summed E-state index contributed by atoms with van der Waals surface area (Å²) < 4.78 is 5.69. The Morgan fingerprint density at radius 3 is 2.10 bits per heavy atom. The lowest BCUT2D eigenvalue weighted by Crippen LogP contribution is -2.34. The lowest BCUT2D eigenvalue weighted by Gasteiger charge is -2.13. The number of hydrogen-bond donors (Lipinski definition) is 2. The molecule has 148 valence electrons. The Kier molecular flexibility index (Phi) is 6.99. The highest BCUT2D eigenvalue weighted by atomic mass is 35.5. The van der Waals surface area contributed by atoms with E-state index in [1.165, 1.54) is 18.2 Å². The number of ether oxygens (including phenoxy) is 1. The number of hydrogen-bond acceptors (Lipinski definition) is 3. The lowest BCUT2D eigenvalue weighted by molar-refractivity contribution is 0.0967. The van der Waals surface area contributed by atoms with E-state index in [0.717, 1.165) is 5.56 Å². The van der Waals surface area contributed by atoms with Gasteiger partial charge in [0, 0.05) is 5.69 Å². The van der Waals surface area contributed by atoms with Gasteiger partial charge in [0.2, 0.25) is 0 Å². The van der Waals surface area contributed by atoms with Gasteiger partial charge in [-0.25, -0.2) is 4.79 Å². The summed E-state index contributed by atoms with van der Waals surface area (Å²) in [5.74, 6) is -0.330. The lowest BCUT2D eigenvalue weighted by atomic mass is 10.2. The maximum absolute atomic E-state index is 12.1. The first-order valence-electron chi connectivity index (χ1n) is 8.46. The van der Waals surface area contributed by atoms with E-state index in [0.29, 0.717) is 18.0 Å². The maximum atomic E-state index is 12.1. The van der Waals surface area contributed by atoms with Gasteiger partial charge in [0.15, 0.2) is 5.75 Å². The van der Waals surface area contributed by atoms with Crippen LogP contribution >= 0.6 is 34.8 Å². The third-order valence-electron chi connectivity index (χ3n) is 3.83. The van der Waals surface area contributed by atoms with Crippen LogP contribution in [0.25, 0.3) is 0 Å². The summed E-state index contributed by atoms with van der Waals surface area (Å²) in [6, 6.07) is 18.1. The van der Waals surface area contributed by atoms with Crippen LogP contribution in [0.2, 0.25) is 15.1 Å². The molecule has 0 aromatic heterocycles. The van der Waals surface area contributed by atoms with Crippen molar-refractivity contribution < 1.29 is 14.3 Å². The van der Waals surface area contributed by atoms with E-state index in [9.17, 15) is 9.59 Å². The average Bonchev–Trinajstić information content (AvgIpc) is 2.68. The molecule has 0 unspecified atom stereocenters. The van der Waals surface area contributed by atoms with Crippen LogP contribution in [0.4, 0.5) is 10.5 Å². The van der Waals surface area contributed by atoms with Crippen molar-refractivity contribution in [1.82, 2.24) is 5.32 Å². The molecule has 0 saturated carbocycles. The normalized spacial score (nSPS) is 10.3. The summed E-state index contributed by atoms with van der Waals surface area (Å²) in [6.07, 6.45) is 0. The van der Waals surface area contributed by atoms with E-state index in [-0.39, 0.29) is 20.6 Å². The van der Waals surface area contributed by atoms with E-state index in [2.05, 4.69) is 10.6 Å². The number of rotatable bonds is 5. The predicted molar refractivity (Wildman–Crippen MR) is 115 cm³/mol. The van der Waals surface area contributed by atoms with Crippen LogP contribution in [0.15, 0.2) is 66.7 Å². The molecule has 3 rings (SSSR count). The monoisotopic (exact) mass is 448 g/mol. The smallest absolute Gasteiger partial charge is 0.326 e. The molecule has 0 spiro atoms. The minimum atomic E-state index is -0.750. The van der Waals surface area contributed by atoms with Crippen molar-refractivity contribution in [2.45, 2.75) is 6.61 Å². The zero-order chi connectivity index (χ0) is 20.8. The quantitative estimate of drug-likeness (QED) is 0.488. The zero-order valence-corrected chi connectivity index (χ0v) is 17.2. The molecule has 0 aliphatic carbocycles. The number of carbonyl (C=O) groups is 2. The van der Waals surface area contributed by atoms with Crippen LogP contribution in [-0.2, 0) is 6.61 Å². The molecule has 5 nitrogen and oxygen atoms in total. The van der Waals surface area contributed by atoms with Gasteiger partial charge in [0.1, 0.15) is 6.61 Å². The number of urea groups is 1. The van der Waals surface area contributed by atoms with Crippen molar-refractivity contribution in [3.8, 4) is 5.75 Å². The maximum Gasteiger partial charge on any atom is 0.326 e. The molecule has 2 N–H and O–H groups in total. The summed E-state index contributed by atoms with van der Waals surface area (Å²) in [6.45, 7) is 0.292. The molecule has 0 aliphatic rings. The summed E-state index contributed by atoms with van der Waals surface area (Å²) in [4.78, 5) is 24.3. The molecule has 29 heavy (non-hydrogen) atoms. The average molecular weight is 450 g/mol. The highest BCUT2D eigenvalue weighted by Gasteiger charge is 2.15. The SMILES string of the molecule is O=C(NC(=O)c1ccccc1Cl)Nc1cc(Cl)c(OCc2ccccc2)c(Cl)c1. The first-order valence-corrected chi connectivity index (χ1v) is 9.60. The number of imide groups is 1. The molecule has 3 aromatic carbocycles. The number of anilines is 1. The minimum absolute atomic E-state index is 0.185. The van der Waals surface area contributed by atoms with Gasteiger partial charge in [-0.2, -0.15) is 0 Å². The van der Waals surface area contributed by atoms with Gasteiger partial charge in [-0.1, -0.05) is 77.3 Å². The molecular weight excluding hydrogens is 435 g/mol. The molecular formula is C21H15Cl3N2O3. The van der Waals surface area contributed by atoms with Crippen LogP contribution < -0.4 is 15.4 Å². The van der Waals surface area contributed by atoms with Crippen molar-refractivity contribution >= 4 is 52.4 Å². The van der Waals surface area contributed by atoms with Crippen LogP contribution in [0.5, 0.6) is 5.75 Å². The Hall–Kier alpha value is -2.73. The summed E-state index contributed by atoms with van der Waals surface area (Å²) >= 11 is 18.4. The van der Waals surface area contributed by atoms with Crippen LogP contribution in [0.3, 0.4) is 0 Å². The predicted octanol–water partition coefficient (Wildman–Crippen LogP) is 6.19. The van der Waals surface area contributed by atoms with Gasteiger partial charge >= 0.3 is 6.03 Å². The molecule has 0 saturated heterocycles. The van der Waals surface area contributed by atoms with Crippen LogP contribution in [0, 0.1) is 0 Å². The van der Waals surface area contributed by atoms with E-state index in [1.54, 1.807) is 18.2 Å². The molecule has 3 aromatic rings. The number of carbonyl (C=O) groups excluding carboxylic acids is 2. The van der Waals surface area contributed by atoms with Crippen molar-refractivity contribution in [3.05, 3.63) is 92.9 Å². The van der Waals surface area contributed by atoms with Gasteiger partial charge in [-0.05, 0) is 29.8 Å². The highest BCUT2D eigenvalue weighted by Crippen LogP contribution is 2.36. The second kappa shape index (κ2) is 9.65. The van der Waals surface area contributed by atoms with Crippen LogP contribution in [-0.4, -0.2) is 11.9 Å². The molecule has 8 heteroatoms. The zero-order valence-electron chi connectivity index (χ0n) is 14.9. The van der Waals surface area contributed by atoms with Gasteiger partial charge in [-0.3, -0.25) is 10.1 Å². The number of halogens is 3. The van der Waals surface area contributed by atoms with Crippen LogP contribution in [0.1, 0.15) is 15.9 Å². The second-order valence-electron chi connectivity index (χ2n) is 5.93. The van der Waals surface area contributed by atoms with Crippen molar-refractivity contribution in [3.63, 3.8) is 0 Å². The van der Waals surface area contributed by atoms with Crippen molar-refractivity contribution in [2.24, 2.45) is 0 Å². The summed E-state index contributed by atoms with van der Waals surface area (Å²) in [5, 5.41) is 5.39. The van der Waals surface area contributed by atoms with Gasteiger partial charge < -0.3 is 10.1 Å². The van der Waals surface area contributed by atoms with E-state index >= 15 is 0 Å². The molecule has 3 amide bonds. The van der Waals surface area contributed by atoms with Gasteiger partial charge in [-0.15, -0.1) is 0 Å². The largest absolute Gasteiger partial charge is 0.486 e. The Balaban J connectivity index is 1.64. The minimum Gasteiger partial charge on any atom is -0.486 e. The summed E-state index contributed by atoms with van der Waals surface area (Å²) in [7, 11) is 0. The highest BCUT2D eigenvalue weighted by molar-refractivity contribution is 6.37. The Bertz CT molecular complexity index is 1020. The van der Waals surface area contributed by atoms with E-state index < -0.39 is 11.9 Å². The number of amides is 3. The molecule has 0 radical (unpaired) electrons. The fraction of sp³-hybridized carbons (Fsp3) is 0.0476. The fourth-order valence-electron chi connectivity index (χ4n) is 2.48. The number of nitrogens with one attached hydrogen (secondary N) is 2.